The summed E-state index contributed by atoms with van der Waals surface area (Å²) in [5.74, 6) is -0.562. The number of thiophene rings is 1. The first-order chi connectivity index (χ1) is 8.20. The van der Waals surface area contributed by atoms with Gasteiger partial charge in [-0.25, -0.2) is 9.87 Å². The van der Waals surface area contributed by atoms with E-state index in [1.165, 1.54) is 30.6 Å². The van der Waals surface area contributed by atoms with Gasteiger partial charge in [0.05, 0.1) is 12.0 Å². The van der Waals surface area contributed by atoms with Crippen molar-refractivity contribution in [1.82, 2.24) is 5.48 Å². The molecule has 0 atom stereocenters. The summed E-state index contributed by atoms with van der Waals surface area (Å²) in [6, 6.07) is 9.67. The van der Waals surface area contributed by atoms with Crippen molar-refractivity contribution in [2.24, 2.45) is 0 Å². The first kappa shape index (κ1) is 11.8. The Morgan fingerprint density at radius 1 is 1.24 bits per heavy atom. The highest BCUT2D eigenvalue weighted by molar-refractivity contribution is 7.17. The minimum Gasteiger partial charge on any atom is -0.277 e. The van der Waals surface area contributed by atoms with Crippen LogP contribution in [0.5, 0.6) is 0 Å². The Morgan fingerprint density at radius 3 is 2.59 bits per heavy atom. The number of hydroxylamine groups is 1. The molecule has 2 aromatic rings. The molecule has 0 bridgehead atoms. The molecule has 0 saturated heterocycles. The molecule has 1 aromatic carbocycles. The van der Waals surface area contributed by atoms with E-state index in [2.05, 4.69) is 10.3 Å². The lowest BCUT2D eigenvalue weighted by molar-refractivity contribution is 0.0542. The van der Waals surface area contributed by atoms with Gasteiger partial charge in [0.15, 0.2) is 0 Å². The fourth-order valence-corrected chi connectivity index (χ4v) is 2.27. The number of hydrogen-bond acceptors (Lipinski definition) is 3. The molecule has 3 nitrogen and oxygen atoms in total. The van der Waals surface area contributed by atoms with Crippen molar-refractivity contribution in [2.45, 2.75) is 0 Å². The van der Waals surface area contributed by atoms with Crippen LogP contribution in [0.2, 0.25) is 0 Å². The fourth-order valence-electron chi connectivity index (χ4n) is 1.37. The second kappa shape index (κ2) is 5.07. The van der Waals surface area contributed by atoms with Gasteiger partial charge in [-0.05, 0) is 29.8 Å². The molecule has 0 radical (unpaired) electrons. The topological polar surface area (TPSA) is 38.3 Å². The number of hydrogen-bond donors (Lipinski definition) is 1. The van der Waals surface area contributed by atoms with Crippen LogP contribution in [-0.2, 0) is 4.84 Å². The normalized spacial score (nSPS) is 10.2. The summed E-state index contributed by atoms with van der Waals surface area (Å²) >= 11 is 1.33. The van der Waals surface area contributed by atoms with Gasteiger partial charge >= 0.3 is 0 Å². The first-order valence-corrected chi connectivity index (χ1v) is 5.71. The van der Waals surface area contributed by atoms with E-state index in [9.17, 15) is 9.18 Å². The Kier molecular flexibility index (Phi) is 3.51. The van der Waals surface area contributed by atoms with E-state index in [1.807, 2.05) is 6.07 Å². The zero-order valence-corrected chi connectivity index (χ0v) is 9.88. The monoisotopic (exact) mass is 251 g/mol. The van der Waals surface area contributed by atoms with Gasteiger partial charge in [0.25, 0.3) is 5.91 Å². The van der Waals surface area contributed by atoms with Crippen LogP contribution in [0.3, 0.4) is 0 Å². The minimum atomic E-state index is -0.286. The second-order valence-corrected chi connectivity index (χ2v) is 4.39. The van der Waals surface area contributed by atoms with Crippen molar-refractivity contribution in [3.05, 3.63) is 47.1 Å². The fraction of sp³-hybridized carbons (Fsp3) is 0.0833. The number of carbonyl (C=O) groups is 1. The first-order valence-electron chi connectivity index (χ1n) is 4.90. The molecule has 17 heavy (non-hydrogen) atoms. The average Bonchev–Trinajstić information content (AvgIpc) is 2.80. The smallest absolute Gasteiger partial charge is 0.277 e. The molecule has 0 spiro atoms. The van der Waals surface area contributed by atoms with Gasteiger partial charge in [-0.3, -0.25) is 9.63 Å². The number of carbonyl (C=O) groups excluding carboxylic acids is 1. The van der Waals surface area contributed by atoms with E-state index >= 15 is 0 Å². The second-order valence-electron chi connectivity index (χ2n) is 3.31. The van der Waals surface area contributed by atoms with Crippen molar-refractivity contribution in [1.29, 1.82) is 0 Å². The third-order valence-electron chi connectivity index (χ3n) is 2.15. The maximum absolute atomic E-state index is 12.8. The van der Waals surface area contributed by atoms with E-state index < -0.39 is 0 Å². The number of benzene rings is 1. The lowest BCUT2D eigenvalue weighted by Crippen LogP contribution is -2.20. The maximum Gasteiger partial charge on any atom is 0.284 e. The third-order valence-corrected chi connectivity index (χ3v) is 3.29. The van der Waals surface area contributed by atoms with Gasteiger partial charge in [0, 0.05) is 4.88 Å². The van der Waals surface area contributed by atoms with E-state index in [1.54, 1.807) is 18.2 Å². The molecule has 88 valence electrons. The summed E-state index contributed by atoms with van der Waals surface area (Å²) in [6.07, 6.45) is 0. The standard InChI is InChI=1S/C12H10FNO2S/c1-16-14-12(15)11-7-6-10(17-11)8-2-4-9(13)5-3-8/h2-7H,1H3,(H,14,15). The summed E-state index contributed by atoms with van der Waals surface area (Å²) in [7, 11) is 1.38. The Labute approximate surface area is 102 Å². The predicted octanol–water partition coefficient (Wildman–Crippen LogP) is 2.85. The molecule has 1 amide bonds. The molecule has 5 heteroatoms. The molecular weight excluding hydrogens is 241 g/mol. The Bertz CT molecular complexity index is 522. The largest absolute Gasteiger partial charge is 0.284 e. The van der Waals surface area contributed by atoms with E-state index in [4.69, 9.17) is 0 Å². The number of rotatable bonds is 3. The highest BCUT2D eigenvalue weighted by atomic mass is 32.1. The molecular formula is C12H10FNO2S. The molecule has 0 unspecified atom stereocenters. The number of halogens is 1. The SMILES string of the molecule is CONC(=O)c1ccc(-c2ccc(F)cc2)s1. The van der Waals surface area contributed by atoms with Crippen LogP contribution in [0.1, 0.15) is 9.67 Å². The summed E-state index contributed by atoms with van der Waals surface area (Å²) in [5, 5.41) is 0. The minimum absolute atomic E-state index is 0.275. The number of amides is 1. The van der Waals surface area contributed by atoms with Crippen molar-refractivity contribution in [2.75, 3.05) is 7.11 Å². The Morgan fingerprint density at radius 2 is 1.94 bits per heavy atom. The Balaban J connectivity index is 2.23. The molecule has 0 saturated carbocycles. The van der Waals surface area contributed by atoms with Crippen LogP contribution < -0.4 is 5.48 Å². The highest BCUT2D eigenvalue weighted by Gasteiger charge is 2.09. The van der Waals surface area contributed by atoms with Gasteiger partial charge in [-0.15, -0.1) is 11.3 Å². The van der Waals surface area contributed by atoms with Crippen molar-refractivity contribution >= 4 is 17.2 Å². The highest BCUT2D eigenvalue weighted by Crippen LogP contribution is 2.28. The van der Waals surface area contributed by atoms with Crippen molar-refractivity contribution in [3.63, 3.8) is 0 Å². The van der Waals surface area contributed by atoms with Crippen LogP contribution >= 0.6 is 11.3 Å². The predicted molar refractivity (Wildman–Crippen MR) is 64.2 cm³/mol. The summed E-state index contributed by atoms with van der Waals surface area (Å²) in [6.45, 7) is 0. The Hall–Kier alpha value is -1.72. The lowest BCUT2D eigenvalue weighted by Gasteiger charge is -1.98. The quantitative estimate of drug-likeness (QED) is 0.852. The van der Waals surface area contributed by atoms with E-state index in [-0.39, 0.29) is 11.7 Å². The van der Waals surface area contributed by atoms with Crippen molar-refractivity contribution in [3.8, 4) is 10.4 Å². The van der Waals surface area contributed by atoms with Gasteiger partial charge in [0.1, 0.15) is 5.82 Å². The zero-order chi connectivity index (χ0) is 12.3. The van der Waals surface area contributed by atoms with E-state index in [0.717, 1.165) is 10.4 Å². The molecule has 1 N–H and O–H groups in total. The summed E-state index contributed by atoms with van der Waals surface area (Å²) in [5.41, 5.74) is 3.13. The molecule has 2 rings (SSSR count). The van der Waals surface area contributed by atoms with Crippen LogP contribution in [0.25, 0.3) is 10.4 Å². The van der Waals surface area contributed by atoms with Crippen LogP contribution in [0.15, 0.2) is 36.4 Å². The maximum atomic E-state index is 12.8. The van der Waals surface area contributed by atoms with Crippen LogP contribution in [-0.4, -0.2) is 13.0 Å². The molecule has 0 fully saturated rings. The molecule has 0 aliphatic rings. The molecule has 1 heterocycles. The third kappa shape index (κ3) is 2.69. The van der Waals surface area contributed by atoms with Gasteiger partial charge in [-0.1, -0.05) is 12.1 Å². The number of nitrogens with one attached hydrogen (secondary N) is 1. The molecule has 0 aliphatic heterocycles. The van der Waals surface area contributed by atoms with Gasteiger partial charge < -0.3 is 0 Å². The molecule has 1 aromatic heterocycles. The van der Waals surface area contributed by atoms with Crippen LogP contribution in [0.4, 0.5) is 4.39 Å². The lowest BCUT2D eigenvalue weighted by atomic mass is 10.2. The molecule has 0 aliphatic carbocycles. The summed E-state index contributed by atoms with van der Waals surface area (Å²) in [4.78, 5) is 17.5. The summed E-state index contributed by atoms with van der Waals surface area (Å²) < 4.78 is 12.8. The van der Waals surface area contributed by atoms with E-state index in [0.29, 0.717) is 4.88 Å². The van der Waals surface area contributed by atoms with Crippen molar-refractivity contribution < 1.29 is 14.0 Å². The van der Waals surface area contributed by atoms with Gasteiger partial charge in [-0.2, -0.15) is 0 Å². The van der Waals surface area contributed by atoms with Crippen LogP contribution in [0, 0.1) is 5.82 Å². The zero-order valence-electron chi connectivity index (χ0n) is 9.07. The average molecular weight is 251 g/mol. The van der Waals surface area contributed by atoms with Gasteiger partial charge in [0.2, 0.25) is 0 Å².